The van der Waals surface area contributed by atoms with Gasteiger partial charge in [-0.15, -0.1) is 6.58 Å². The predicted octanol–water partition coefficient (Wildman–Crippen LogP) is 2.57. The molecule has 0 saturated carbocycles. The number of nitro groups is 1. The lowest BCUT2D eigenvalue weighted by Crippen LogP contribution is -2.32. The average Bonchev–Trinajstić information content (AvgIpc) is 2.43. The number of nitrogens with zero attached hydrogens (tertiary/aromatic N) is 2. The summed E-state index contributed by atoms with van der Waals surface area (Å²) in [5, 5.41) is 10.6. The Kier molecular flexibility index (Phi) is 5.84. The summed E-state index contributed by atoms with van der Waals surface area (Å²) in [5.74, 6) is 0. The first-order chi connectivity index (χ1) is 9.43. The molecule has 0 spiro atoms. The zero-order valence-corrected chi connectivity index (χ0v) is 12.2. The summed E-state index contributed by atoms with van der Waals surface area (Å²) < 4.78 is 26.2. The van der Waals surface area contributed by atoms with Crippen molar-refractivity contribution in [2.75, 3.05) is 13.1 Å². The van der Waals surface area contributed by atoms with Crippen LogP contribution in [0.5, 0.6) is 0 Å². The first-order valence-electron chi connectivity index (χ1n) is 6.29. The number of benzene rings is 1. The molecule has 1 aromatic carbocycles. The van der Waals surface area contributed by atoms with Crippen LogP contribution in [0.2, 0.25) is 0 Å². The molecule has 0 bridgehead atoms. The second-order valence-corrected chi connectivity index (χ2v) is 6.17. The van der Waals surface area contributed by atoms with Gasteiger partial charge in [-0.05, 0) is 25.0 Å². The zero-order valence-electron chi connectivity index (χ0n) is 11.4. The van der Waals surface area contributed by atoms with Crippen molar-refractivity contribution < 1.29 is 13.3 Å². The largest absolute Gasteiger partial charge is 0.269 e. The van der Waals surface area contributed by atoms with E-state index >= 15 is 0 Å². The number of non-ortho nitro benzene ring substituents is 1. The maximum absolute atomic E-state index is 12.4. The number of nitro benzene ring substituents is 1. The summed E-state index contributed by atoms with van der Waals surface area (Å²) in [6.45, 7) is 6.24. The third kappa shape index (κ3) is 3.88. The van der Waals surface area contributed by atoms with Crippen LogP contribution >= 0.6 is 0 Å². The minimum atomic E-state index is -3.61. The Morgan fingerprint density at radius 2 is 1.90 bits per heavy atom. The van der Waals surface area contributed by atoms with E-state index in [2.05, 4.69) is 6.58 Å². The molecule has 0 unspecified atom stereocenters. The molecule has 0 aliphatic carbocycles. The lowest BCUT2D eigenvalue weighted by Gasteiger charge is -2.20. The van der Waals surface area contributed by atoms with Crippen molar-refractivity contribution in [3.05, 3.63) is 47.0 Å². The summed E-state index contributed by atoms with van der Waals surface area (Å²) in [7, 11) is -3.61. The van der Waals surface area contributed by atoms with Gasteiger partial charge < -0.3 is 0 Å². The summed E-state index contributed by atoms with van der Waals surface area (Å²) in [6, 6.07) is 4.93. The lowest BCUT2D eigenvalue weighted by molar-refractivity contribution is -0.384. The van der Waals surface area contributed by atoms with E-state index in [1.807, 2.05) is 6.92 Å². The van der Waals surface area contributed by atoms with Gasteiger partial charge in [-0.3, -0.25) is 10.1 Å². The average molecular weight is 298 g/mol. The smallest absolute Gasteiger partial charge is 0.258 e. The Labute approximate surface area is 118 Å². The fraction of sp³-hybridized carbons (Fsp3) is 0.385. The highest BCUT2D eigenvalue weighted by atomic mass is 32.2. The fourth-order valence-corrected chi connectivity index (χ4v) is 3.27. The maximum atomic E-state index is 12.4. The van der Waals surface area contributed by atoms with Crippen molar-refractivity contribution in [2.24, 2.45) is 0 Å². The minimum Gasteiger partial charge on any atom is -0.258 e. The van der Waals surface area contributed by atoms with Crippen LogP contribution in [-0.2, 0) is 10.0 Å². The molecule has 0 radical (unpaired) electrons. The topological polar surface area (TPSA) is 80.5 Å². The van der Waals surface area contributed by atoms with Gasteiger partial charge in [-0.25, -0.2) is 8.42 Å². The molecular weight excluding hydrogens is 280 g/mol. The molecule has 0 heterocycles. The predicted molar refractivity (Wildman–Crippen MR) is 77.0 cm³/mol. The first kappa shape index (κ1) is 16.3. The second-order valence-electron chi connectivity index (χ2n) is 4.23. The molecule has 0 aliphatic heterocycles. The monoisotopic (exact) mass is 298 g/mol. The van der Waals surface area contributed by atoms with Gasteiger partial charge in [0, 0.05) is 25.2 Å². The molecule has 0 saturated heterocycles. The quantitative estimate of drug-likeness (QED) is 0.419. The third-order valence-electron chi connectivity index (χ3n) is 2.74. The molecule has 6 nitrogen and oxygen atoms in total. The molecule has 7 heteroatoms. The molecule has 1 rings (SSSR count). The minimum absolute atomic E-state index is 0.0700. The molecule has 0 N–H and O–H groups in total. The normalized spacial score (nSPS) is 11.5. The van der Waals surface area contributed by atoms with E-state index in [4.69, 9.17) is 0 Å². The molecular formula is C13H18N2O4S. The van der Waals surface area contributed by atoms with Gasteiger partial charge in [0.2, 0.25) is 10.0 Å². The van der Waals surface area contributed by atoms with Crippen LogP contribution in [0, 0.1) is 10.1 Å². The van der Waals surface area contributed by atoms with E-state index in [1.54, 1.807) is 6.08 Å². The number of sulfonamides is 1. The van der Waals surface area contributed by atoms with Crippen molar-refractivity contribution in [3.8, 4) is 0 Å². The van der Waals surface area contributed by atoms with E-state index in [0.29, 0.717) is 25.9 Å². The van der Waals surface area contributed by atoms with Crippen LogP contribution in [0.4, 0.5) is 5.69 Å². The first-order valence-corrected chi connectivity index (χ1v) is 7.73. The number of rotatable bonds is 8. The van der Waals surface area contributed by atoms with Crippen molar-refractivity contribution in [3.63, 3.8) is 0 Å². The van der Waals surface area contributed by atoms with Crippen molar-refractivity contribution in [1.82, 2.24) is 4.31 Å². The van der Waals surface area contributed by atoms with Crippen LogP contribution < -0.4 is 0 Å². The standard InChI is InChI=1S/C13H18N2O4S/c1-3-5-11-14(10-4-2)20(18,19)13-8-6-12(7-9-13)15(16)17/h3,6-9H,1,4-5,10-11H2,2H3. The maximum Gasteiger partial charge on any atom is 0.269 e. The fourth-order valence-electron chi connectivity index (χ4n) is 1.73. The molecule has 0 aliphatic rings. The zero-order chi connectivity index (χ0) is 15.2. The Morgan fingerprint density at radius 3 is 2.35 bits per heavy atom. The van der Waals surface area contributed by atoms with Gasteiger partial charge in [0.05, 0.1) is 9.82 Å². The summed E-state index contributed by atoms with van der Waals surface area (Å²) in [6.07, 6.45) is 2.92. The van der Waals surface area contributed by atoms with E-state index < -0.39 is 14.9 Å². The van der Waals surface area contributed by atoms with Crippen molar-refractivity contribution in [2.45, 2.75) is 24.7 Å². The summed E-state index contributed by atoms with van der Waals surface area (Å²) in [4.78, 5) is 10.1. The molecule has 0 atom stereocenters. The van der Waals surface area contributed by atoms with Crippen LogP contribution in [0.25, 0.3) is 0 Å². The Morgan fingerprint density at radius 1 is 1.30 bits per heavy atom. The Hall–Kier alpha value is -1.73. The summed E-state index contributed by atoms with van der Waals surface area (Å²) in [5.41, 5.74) is -0.128. The molecule has 0 fully saturated rings. The van der Waals surface area contributed by atoms with Crippen molar-refractivity contribution >= 4 is 15.7 Å². The Bertz CT molecular complexity index is 567. The number of hydrogen-bond donors (Lipinski definition) is 0. The highest BCUT2D eigenvalue weighted by Gasteiger charge is 2.23. The van der Waals surface area contributed by atoms with E-state index in [0.717, 1.165) is 0 Å². The molecule has 0 amide bonds. The molecule has 110 valence electrons. The molecule has 20 heavy (non-hydrogen) atoms. The summed E-state index contributed by atoms with van der Waals surface area (Å²) >= 11 is 0. The third-order valence-corrected chi connectivity index (χ3v) is 4.65. The van der Waals surface area contributed by atoms with Gasteiger partial charge >= 0.3 is 0 Å². The van der Waals surface area contributed by atoms with Crippen LogP contribution in [0.15, 0.2) is 41.8 Å². The van der Waals surface area contributed by atoms with E-state index in [1.165, 1.54) is 28.6 Å². The highest BCUT2D eigenvalue weighted by molar-refractivity contribution is 7.89. The molecule has 0 aromatic heterocycles. The number of hydrogen-bond acceptors (Lipinski definition) is 4. The Balaban J connectivity index is 3.05. The van der Waals surface area contributed by atoms with Crippen LogP contribution in [0.1, 0.15) is 19.8 Å². The lowest BCUT2D eigenvalue weighted by atomic mass is 10.3. The van der Waals surface area contributed by atoms with Crippen molar-refractivity contribution in [1.29, 1.82) is 0 Å². The van der Waals surface area contributed by atoms with Gasteiger partial charge in [0.1, 0.15) is 0 Å². The van der Waals surface area contributed by atoms with Gasteiger partial charge in [0.15, 0.2) is 0 Å². The van der Waals surface area contributed by atoms with E-state index in [9.17, 15) is 18.5 Å². The SMILES string of the molecule is C=CCCN(CCC)S(=O)(=O)c1ccc([N+](=O)[O-])cc1. The van der Waals surface area contributed by atoms with Crippen LogP contribution in [-0.4, -0.2) is 30.7 Å². The van der Waals surface area contributed by atoms with Gasteiger partial charge in [0.25, 0.3) is 5.69 Å². The van der Waals surface area contributed by atoms with Gasteiger partial charge in [-0.1, -0.05) is 13.0 Å². The second kappa shape index (κ2) is 7.16. The van der Waals surface area contributed by atoms with Gasteiger partial charge in [-0.2, -0.15) is 4.31 Å². The highest BCUT2D eigenvalue weighted by Crippen LogP contribution is 2.20. The molecule has 1 aromatic rings. The van der Waals surface area contributed by atoms with E-state index in [-0.39, 0.29) is 10.6 Å². The van der Waals surface area contributed by atoms with Crippen LogP contribution in [0.3, 0.4) is 0 Å².